The van der Waals surface area contributed by atoms with E-state index in [2.05, 4.69) is 34.2 Å². The molecule has 0 radical (unpaired) electrons. The molecule has 5 nitrogen and oxygen atoms in total. The van der Waals surface area contributed by atoms with Gasteiger partial charge in [0.1, 0.15) is 0 Å². The second-order valence-corrected chi connectivity index (χ2v) is 8.24. The van der Waals surface area contributed by atoms with Crippen molar-refractivity contribution in [2.24, 2.45) is 5.10 Å². The summed E-state index contributed by atoms with van der Waals surface area (Å²) in [4.78, 5) is 17.4. The predicted octanol–water partition coefficient (Wildman–Crippen LogP) is 3.71. The summed E-state index contributed by atoms with van der Waals surface area (Å²) in [6.45, 7) is 7.02. The van der Waals surface area contributed by atoms with Gasteiger partial charge in [0.05, 0.1) is 34.0 Å². The van der Waals surface area contributed by atoms with E-state index in [4.69, 9.17) is 0 Å². The predicted molar refractivity (Wildman–Crippen MR) is 116 cm³/mol. The van der Waals surface area contributed by atoms with Gasteiger partial charge in [0, 0.05) is 43.7 Å². The van der Waals surface area contributed by atoms with E-state index in [0.29, 0.717) is 30.0 Å². The number of likely N-dealkylation sites (N-methyl/N-ethyl adjacent to an activating group) is 1. The molecule has 152 valence electrons. The van der Waals surface area contributed by atoms with Crippen LogP contribution < -0.4 is 5.43 Å². The maximum atomic E-state index is 13.5. The molecule has 1 aliphatic carbocycles. The Morgan fingerprint density at radius 3 is 2.66 bits per heavy atom. The first-order valence-electron chi connectivity index (χ1n) is 9.89. The minimum absolute atomic E-state index is 0.102. The minimum Gasteiger partial charge on any atom is -0.336 e. The van der Waals surface area contributed by atoms with Crippen LogP contribution in [-0.4, -0.2) is 54.6 Å². The van der Waals surface area contributed by atoms with Gasteiger partial charge in [-0.2, -0.15) is 8.99 Å². The summed E-state index contributed by atoms with van der Waals surface area (Å²) in [5.74, 6) is -0.102. The van der Waals surface area contributed by atoms with Crippen molar-refractivity contribution >= 4 is 23.8 Å². The lowest BCUT2D eigenvalue weighted by atomic mass is 9.88. The molecule has 7 heteroatoms. The minimum atomic E-state index is -0.102. The molecule has 1 aromatic carbocycles. The van der Waals surface area contributed by atoms with E-state index in [9.17, 15) is 8.68 Å². The van der Waals surface area contributed by atoms with Crippen LogP contribution >= 0.6 is 12.1 Å². The van der Waals surface area contributed by atoms with Gasteiger partial charge in [-0.3, -0.25) is 10.2 Å². The second-order valence-electron chi connectivity index (χ2n) is 7.64. The smallest absolute Gasteiger partial charge is 0.255 e. The Kier molecular flexibility index (Phi) is 5.87. The van der Waals surface area contributed by atoms with Gasteiger partial charge in [-0.05, 0) is 37.6 Å². The van der Waals surface area contributed by atoms with Crippen LogP contribution in [0.25, 0.3) is 0 Å². The number of halogens is 1. The molecule has 1 saturated heterocycles. The fraction of sp³-hybridized carbons (Fsp3) is 0.364. The van der Waals surface area contributed by atoms with Crippen LogP contribution in [0.15, 0.2) is 63.8 Å². The third-order valence-corrected chi connectivity index (χ3v) is 6.16. The van der Waals surface area contributed by atoms with Crippen LogP contribution in [0, 0.1) is 0 Å². The zero-order chi connectivity index (χ0) is 20.4. The third kappa shape index (κ3) is 4.16. The first kappa shape index (κ1) is 19.9. The van der Waals surface area contributed by atoms with Crippen molar-refractivity contribution in [2.45, 2.75) is 24.2 Å². The summed E-state index contributed by atoms with van der Waals surface area (Å²) >= 11 is 0.129. The van der Waals surface area contributed by atoms with E-state index in [1.807, 2.05) is 24.1 Å². The van der Waals surface area contributed by atoms with Crippen LogP contribution in [-0.2, 0) is 6.42 Å². The lowest BCUT2D eigenvalue weighted by Gasteiger charge is -2.32. The number of nitrogens with zero attached hydrogens (tertiary/aromatic N) is 3. The fourth-order valence-electron chi connectivity index (χ4n) is 3.92. The zero-order valence-electron chi connectivity index (χ0n) is 16.6. The maximum Gasteiger partial charge on any atom is 0.255 e. The van der Waals surface area contributed by atoms with Crippen molar-refractivity contribution in [2.75, 3.05) is 33.2 Å². The van der Waals surface area contributed by atoms with Gasteiger partial charge in [0.25, 0.3) is 5.91 Å². The number of fused-ring (bicyclic) bond motifs is 1. The highest BCUT2D eigenvalue weighted by Gasteiger charge is 2.25. The third-order valence-electron chi connectivity index (χ3n) is 5.64. The molecule has 0 atom stereocenters. The van der Waals surface area contributed by atoms with Crippen LogP contribution in [0.2, 0.25) is 0 Å². The second kappa shape index (κ2) is 8.55. The molecule has 3 aliphatic rings. The molecule has 2 aliphatic heterocycles. The molecule has 0 saturated carbocycles. The number of carbonyl (C=O) groups excluding carboxylic acids is 1. The van der Waals surface area contributed by atoms with E-state index in [1.54, 1.807) is 6.07 Å². The number of hydrazone groups is 1. The largest absolute Gasteiger partial charge is 0.336 e. The summed E-state index contributed by atoms with van der Waals surface area (Å²) in [5.41, 5.74) is 8.33. The van der Waals surface area contributed by atoms with Crippen molar-refractivity contribution in [3.63, 3.8) is 0 Å². The number of benzene rings is 1. The van der Waals surface area contributed by atoms with Gasteiger partial charge in [-0.1, -0.05) is 24.8 Å². The summed E-state index contributed by atoms with van der Waals surface area (Å²) in [6, 6.07) is 5.40. The zero-order valence-corrected chi connectivity index (χ0v) is 17.4. The standard InChI is InChI=1S/C22H25FN4OS/c1-15-17-5-3-4-6-18(17)20(25-24-15)14-16-7-8-21(29-23)19(13-16)22(28)27-11-9-26(2)10-12-27/h5-8,13,24H,1,3-4,9-12,14H2,2H3. The Bertz CT molecular complexity index is 929. The van der Waals surface area contributed by atoms with Crippen LogP contribution in [0.3, 0.4) is 0 Å². The number of piperazine rings is 1. The Morgan fingerprint density at radius 1 is 1.21 bits per heavy atom. The number of hydrogen-bond donors (Lipinski definition) is 1. The molecule has 4 rings (SSSR count). The molecule has 0 aromatic heterocycles. The fourth-order valence-corrected chi connectivity index (χ4v) is 4.27. The lowest BCUT2D eigenvalue weighted by Crippen LogP contribution is -2.47. The van der Waals surface area contributed by atoms with E-state index in [-0.39, 0.29) is 18.1 Å². The van der Waals surface area contributed by atoms with Crippen LogP contribution in [0.1, 0.15) is 28.8 Å². The number of nitrogens with one attached hydrogen (secondary N) is 1. The molecular formula is C22H25FN4OS. The summed E-state index contributed by atoms with van der Waals surface area (Å²) in [6.07, 6.45) is 6.94. The number of hydrogen-bond acceptors (Lipinski definition) is 5. The van der Waals surface area contributed by atoms with Crippen molar-refractivity contribution < 1.29 is 8.68 Å². The van der Waals surface area contributed by atoms with Crippen molar-refractivity contribution in [1.82, 2.24) is 15.2 Å². The molecule has 2 heterocycles. The molecular weight excluding hydrogens is 387 g/mol. The topological polar surface area (TPSA) is 47.9 Å². The number of amides is 1. The Hall–Kier alpha value is -2.38. The van der Waals surface area contributed by atoms with Crippen LogP contribution in [0.5, 0.6) is 0 Å². The van der Waals surface area contributed by atoms with E-state index in [1.165, 1.54) is 0 Å². The lowest BCUT2D eigenvalue weighted by molar-refractivity contribution is 0.0660. The Labute approximate surface area is 175 Å². The number of carbonyl (C=O) groups is 1. The highest BCUT2D eigenvalue weighted by atomic mass is 32.2. The van der Waals surface area contributed by atoms with Gasteiger partial charge in [-0.15, -0.1) is 0 Å². The van der Waals surface area contributed by atoms with Gasteiger partial charge >= 0.3 is 0 Å². The molecule has 0 spiro atoms. The highest BCUT2D eigenvalue weighted by molar-refractivity contribution is 7.94. The summed E-state index contributed by atoms with van der Waals surface area (Å²) < 4.78 is 13.5. The normalized spacial score (nSPS) is 19.7. The number of allylic oxidation sites excluding steroid dienone is 3. The van der Waals surface area contributed by atoms with E-state index < -0.39 is 0 Å². The quantitative estimate of drug-likeness (QED) is 0.819. The van der Waals surface area contributed by atoms with Gasteiger partial charge < -0.3 is 9.80 Å². The molecule has 1 aromatic rings. The SMILES string of the molecule is C=C1NN=C(Cc2ccc(SF)c(C(=O)N3CCN(C)CC3)c2)C2=CCCC=C12. The van der Waals surface area contributed by atoms with Crippen molar-refractivity contribution in [3.05, 3.63) is 64.9 Å². The molecule has 1 N–H and O–H groups in total. The summed E-state index contributed by atoms with van der Waals surface area (Å²) in [5, 5.41) is 4.48. The molecule has 0 bridgehead atoms. The highest BCUT2D eigenvalue weighted by Crippen LogP contribution is 2.30. The van der Waals surface area contributed by atoms with Crippen molar-refractivity contribution in [1.29, 1.82) is 0 Å². The summed E-state index contributed by atoms with van der Waals surface area (Å²) in [7, 11) is 2.04. The number of rotatable bonds is 4. The molecule has 0 unspecified atom stereocenters. The van der Waals surface area contributed by atoms with Crippen molar-refractivity contribution in [3.8, 4) is 0 Å². The molecule has 29 heavy (non-hydrogen) atoms. The van der Waals surface area contributed by atoms with Gasteiger partial charge in [0.15, 0.2) is 0 Å². The average Bonchev–Trinajstić information content (AvgIpc) is 2.76. The first-order valence-corrected chi connectivity index (χ1v) is 10.6. The first-order chi connectivity index (χ1) is 14.1. The Morgan fingerprint density at radius 2 is 1.93 bits per heavy atom. The van der Waals surface area contributed by atoms with E-state index in [0.717, 1.165) is 54.0 Å². The van der Waals surface area contributed by atoms with Gasteiger partial charge in [0.2, 0.25) is 0 Å². The Balaban J connectivity index is 1.58. The van der Waals surface area contributed by atoms with E-state index >= 15 is 0 Å². The van der Waals surface area contributed by atoms with Crippen LogP contribution in [0.4, 0.5) is 3.89 Å². The maximum absolute atomic E-state index is 13.5. The molecule has 1 fully saturated rings. The average molecular weight is 413 g/mol. The van der Waals surface area contributed by atoms with Gasteiger partial charge in [-0.25, -0.2) is 0 Å². The monoisotopic (exact) mass is 412 g/mol. The molecule has 1 amide bonds.